The quantitative estimate of drug-likeness (QED) is 0.727. The highest BCUT2D eigenvalue weighted by Crippen LogP contribution is 2.21. The third-order valence-electron chi connectivity index (χ3n) is 2.93. The van der Waals surface area contributed by atoms with Crippen LogP contribution in [0.15, 0.2) is 51.0 Å². The fourth-order valence-electron chi connectivity index (χ4n) is 1.83. The number of rotatable bonds is 5. The van der Waals surface area contributed by atoms with Crippen LogP contribution in [0.4, 0.5) is 0 Å². The van der Waals surface area contributed by atoms with Crippen molar-refractivity contribution in [3.05, 3.63) is 57.9 Å². The summed E-state index contributed by atoms with van der Waals surface area (Å²) in [5.74, 6) is 0.659. The lowest BCUT2D eigenvalue weighted by Gasteiger charge is -2.05. The van der Waals surface area contributed by atoms with Gasteiger partial charge in [-0.1, -0.05) is 23.8 Å². The molecule has 0 fully saturated rings. The SMILES string of the molecule is Cc1ccc(OCCn2nc(-c3cccs3)oc2=O)cc1. The molecule has 0 aliphatic heterocycles. The zero-order valence-corrected chi connectivity index (χ0v) is 12.3. The first kappa shape index (κ1) is 13.6. The third kappa shape index (κ3) is 3.22. The monoisotopic (exact) mass is 302 g/mol. The van der Waals surface area contributed by atoms with Crippen LogP contribution in [-0.2, 0) is 6.54 Å². The van der Waals surface area contributed by atoms with Gasteiger partial charge in [0.05, 0.1) is 11.4 Å². The molecular weight excluding hydrogens is 288 g/mol. The molecule has 108 valence electrons. The van der Waals surface area contributed by atoms with E-state index in [-0.39, 0.29) is 0 Å². The summed E-state index contributed by atoms with van der Waals surface area (Å²) in [4.78, 5) is 12.5. The predicted molar refractivity (Wildman–Crippen MR) is 80.8 cm³/mol. The summed E-state index contributed by atoms with van der Waals surface area (Å²) >= 11 is 1.48. The molecule has 0 unspecified atom stereocenters. The maximum absolute atomic E-state index is 11.7. The minimum absolute atomic E-state index is 0.349. The van der Waals surface area contributed by atoms with Crippen LogP contribution in [0.2, 0.25) is 0 Å². The van der Waals surface area contributed by atoms with Crippen LogP contribution in [-0.4, -0.2) is 16.4 Å². The second-order valence-corrected chi connectivity index (χ2v) is 5.48. The van der Waals surface area contributed by atoms with Crippen LogP contribution in [0.1, 0.15) is 5.56 Å². The Balaban J connectivity index is 1.63. The number of benzene rings is 1. The molecule has 0 spiro atoms. The van der Waals surface area contributed by atoms with Gasteiger partial charge in [0, 0.05) is 0 Å². The van der Waals surface area contributed by atoms with E-state index in [4.69, 9.17) is 9.15 Å². The molecule has 0 amide bonds. The van der Waals surface area contributed by atoms with Gasteiger partial charge in [-0.05, 0) is 30.5 Å². The van der Waals surface area contributed by atoms with E-state index in [2.05, 4.69) is 5.10 Å². The Hall–Kier alpha value is -2.34. The molecule has 3 aromatic rings. The fraction of sp³-hybridized carbons (Fsp3) is 0.200. The molecule has 0 atom stereocenters. The van der Waals surface area contributed by atoms with E-state index >= 15 is 0 Å². The maximum atomic E-state index is 11.7. The molecule has 2 aromatic heterocycles. The highest BCUT2D eigenvalue weighted by atomic mass is 32.1. The molecule has 0 saturated carbocycles. The van der Waals surface area contributed by atoms with Crippen LogP contribution in [0.3, 0.4) is 0 Å². The molecule has 1 aromatic carbocycles. The molecule has 3 rings (SSSR count). The van der Waals surface area contributed by atoms with Crippen molar-refractivity contribution in [2.45, 2.75) is 13.5 Å². The van der Waals surface area contributed by atoms with E-state index in [9.17, 15) is 4.79 Å². The zero-order valence-electron chi connectivity index (χ0n) is 11.5. The number of nitrogens with zero attached hydrogens (tertiary/aromatic N) is 2. The highest BCUT2D eigenvalue weighted by Gasteiger charge is 2.10. The average Bonchev–Trinajstić information content (AvgIpc) is 3.11. The highest BCUT2D eigenvalue weighted by molar-refractivity contribution is 7.13. The number of hydrogen-bond acceptors (Lipinski definition) is 5. The average molecular weight is 302 g/mol. The molecule has 6 heteroatoms. The van der Waals surface area contributed by atoms with E-state index in [1.807, 2.05) is 48.7 Å². The lowest BCUT2D eigenvalue weighted by molar-refractivity contribution is 0.285. The van der Waals surface area contributed by atoms with E-state index < -0.39 is 5.76 Å². The molecule has 21 heavy (non-hydrogen) atoms. The Kier molecular flexibility index (Phi) is 3.87. The van der Waals surface area contributed by atoms with Crippen molar-refractivity contribution in [2.75, 3.05) is 6.61 Å². The van der Waals surface area contributed by atoms with Crippen LogP contribution >= 0.6 is 11.3 Å². The molecule has 0 N–H and O–H groups in total. The normalized spacial score (nSPS) is 10.7. The second kappa shape index (κ2) is 5.97. The summed E-state index contributed by atoms with van der Waals surface area (Å²) in [5.41, 5.74) is 1.18. The number of aromatic nitrogens is 2. The largest absolute Gasteiger partial charge is 0.492 e. The van der Waals surface area contributed by atoms with Crippen molar-refractivity contribution in [3.63, 3.8) is 0 Å². The fourth-order valence-corrected chi connectivity index (χ4v) is 2.48. The number of hydrogen-bond donors (Lipinski definition) is 0. The van der Waals surface area contributed by atoms with Crippen molar-refractivity contribution in [1.29, 1.82) is 0 Å². The molecule has 5 nitrogen and oxygen atoms in total. The maximum Gasteiger partial charge on any atom is 0.437 e. The van der Waals surface area contributed by atoms with Crippen LogP contribution in [0.5, 0.6) is 5.75 Å². The van der Waals surface area contributed by atoms with Crippen molar-refractivity contribution < 1.29 is 9.15 Å². The number of aryl methyl sites for hydroxylation is 1. The van der Waals surface area contributed by atoms with Gasteiger partial charge in [-0.15, -0.1) is 16.4 Å². The van der Waals surface area contributed by atoms with E-state index in [1.165, 1.54) is 21.6 Å². The Labute approximate surface area is 125 Å². The Morgan fingerprint density at radius 2 is 2.10 bits per heavy atom. The van der Waals surface area contributed by atoms with Crippen molar-refractivity contribution in [1.82, 2.24) is 9.78 Å². The van der Waals surface area contributed by atoms with Gasteiger partial charge in [0.1, 0.15) is 12.4 Å². The first-order chi connectivity index (χ1) is 10.2. The summed E-state index contributed by atoms with van der Waals surface area (Å²) < 4.78 is 12.0. The van der Waals surface area contributed by atoms with E-state index in [0.29, 0.717) is 19.0 Å². The minimum Gasteiger partial charge on any atom is -0.492 e. The number of ether oxygens (including phenoxy) is 1. The Morgan fingerprint density at radius 3 is 2.81 bits per heavy atom. The van der Waals surface area contributed by atoms with Gasteiger partial charge in [0.15, 0.2) is 0 Å². The summed E-state index contributed by atoms with van der Waals surface area (Å²) in [6, 6.07) is 11.5. The summed E-state index contributed by atoms with van der Waals surface area (Å²) in [7, 11) is 0. The standard InChI is InChI=1S/C15H14N2O3S/c1-11-4-6-12(7-5-11)19-9-8-17-15(18)20-14(16-17)13-3-2-10-21-13/h2-7,10H,8-9H2,1H3. The minimum atomic E-state index is -0.467. The van der Waals surface area contributed by atoms with E-state index in [1.54, 1.807) is 0 Å². The van der Waals surface area contributed by atoms with Gasteiger partial charge in [0.2, 0.25) is 0 Å². The first-order valence-corrected chi connectivity index (χ1v) is 7.41. The van der Waals surface area contributed by atoms with Gasteiger partial charge < -0.3 is 9.15 Å². The van der Waals surface area contributed by atoms with Crippen LogP contribution in [0, 0.1) is 6.92 Å². The smallest absolute Gasteiger partial charge is 0.437 e. The summed E-state index contributed by atoms with van der Waals surface area (Å²) in [6.45, 7) is 2.73. The summed E-state index contributed by atoms with van der Waals surface area (Å²) in [5, 5.41) is 6.08. The van der Waals surface area contributed by atoms with Gasteiger partial charge in [0.25, 0.3) is 5.89 Å². The number of thiophene rings is 1. The third-order valence-corrected chi connectivity index (χ3v) is 3.79. The molecule has 0 aliphatic carbocycles. The molecular formula is C15H14N2O3S. The predicted octanol–water partition coefficient (Wildman–Crippen LogP) is 2.95. The molecule has 0 radical (unpaired) electrons. The van der Waals surface area contributed by atoms with E-state index in [0.717, 1.165) is 10.6 Å². The second-order valence-electron chi connectivity index (χ2n) is 4.54. The topological polar surface area (TPSA) is 57.3 Å². The molecule has 0 bridgehead atoms. The van der Waals surface area contributed by atoms with Gasteiger partial charge >= 0.3 is 5.76 Å². The summed E-state index contributed by atoms with van der Waals surface area (Å²) in [6.07, 6.45) is 0. The Morgan fingerprint density at radius 1 is 1.29 bits per heavy atom. The lowest BCUT2D eigenvalue weighted by atomic mass is 10.2. The Bertz CT molecular complexity index is 757. The van der Waals surface area contributed by atoms with Gasteiger partial charge in [-0.25, -0.2) is 4.79 Å². The first-order valence-electron chi connectivity index (χ1n) is 6.54. The molecule has 2 heterocycles. The van der Waals surface area contributed by atoms with Crippen LogP contribution in [0.25, 0.3) is 10.8 Å². The van der Waals surface area contributed by atoms with Crippen molar-refractivity contribution in [3.8, 4) is 16.5 Å². The van der Waals surface area contributed by atoms with Gasteiger partial charge in [-0.2, -0.15) is 4.68 Å². The van der Waals surface area contributed by atoms with Crippen molar-refractivity contribution >= 4 is 11.3 Å². The molecule has 0 saturated heterocycles. The van der Waals surface area contributed by atoms with Crippen LogP contribution < -0.4 is 10.5 Å². The van der Waals surface area contributed by atoms with Gasteiger partial charge in [-0.3, -0.25) is 0 Å². The van der Waals surface area contributed by atoms with Crippen molar-refractivity contribution in [2.24, 2.45) is 0 Å². The zero-order chi connectivity index (χ0) is 14.7. The lowest BCUT2D eigenvalue weighted by Crippen LogP contribution is -2.20. The molecule has 0 aliphatic rings.